The summed E-state index contributed by atoms with van der Waals surface area (Å²) in [4.78, 5) is 8.18. The van der Waals surface area contributed by atoms with E-state index >= 15 is 0 Å². The van der Waals surface area contributed by atoms with E-state index in [4.69, 9.17) is 9.72 Å². The van der Waals surface area contributed by atoms with Gasteiger partial charge in [-0.05, 0) is 19.8 Å². The fraction of sp³-hybridized carbons (Fsp3) is 0.615. The number of hydrogen-bond acceptors (Lipinski definition) is 4. The SMILES string of the molecule is CCN(CC1CCCO1)c1nc2sccn2c1CBr. The summed E-state index contributed by atoms with van der Waals surface area (Å²) >= 11 is 5.27. The average Bonchev–Trinajstić information content (AvgIpc) is 3.11. The van der Waals surface area contributed by atoms with Gasteiger partial charge in [0.15, 0.2) is 10.8 Å². The van der Waals surface area contributed by atoms with Crippen LogP contribution in [0.2, 0.25) is 0 Å². The fourth-order valence-electron chi connectivity index (χ4n) is 2.60. The lowest BCUT2D eigenvalue weighted by molar-refractivity contribution is 0.115. The molecule has 1 aliphatic heterocycles. The Labute approximate surface area is 125 Å². The second-order valence-electron chi connectivity index (χ2n) is 4.74. The molecule has 0 aromatic carbocycles. The van der Waals surface area contributed by atoms with Crippen molar-refractivity contribution in [1.29, 1.82) is 0 Å². The van der Waals surface area contributed by atoms with Gasteiger partial charge in [0.2, 0.25) is 0 Å². The van der Waals surface area contributed by atoms with E-state index in [1.807, 2.05) is 0 Å². The van der Waals surface area contributed by atoms with Crippen LogP contribution in [0, 0.1) is 0 Å². The first kappa shape index (κ1) is 13.4. The Morgan fingerprint density at radius 2 is 2.53 bits per heavy atom. The van der Waals surface area contributed by atoms with Gasteiger partial charge in [-0.25, -0.2) is 4.98 Å². The van der Waals surface area contributed by atoms with Gasteiger partial charge < -0.3 is 9.64 Å². The summed E-state index contributed by atoms with van der Waals surface area (Å²) in [5.74, 6) is 1.10. The van der Waals surface area contributed by atoms with Gasteiger partial charge in [0.25, 0.3) is 0 Å². The van der Waals surface area contributed by atoms with Crippen LogP contribution in [0.1, 0.15) is 25.5 Å². The Balaban J connectivity index is 1.88. The molecule has 1 atom stereocenters. The molecule has 19 heavy (non-hydrogen) atoms. The molecule has 3 heterocycles. The number of imidazole rings is 1. The Bertz CT molecular complexity index is 547. The molecule has 1 unspecified atom stereocenters. The quantitative estimate of drug-likeness (QED) is 0.780. The molecule has 0 spiro atoms. The molecule has 104 valence electrons. The third-order valence-electron chi connectivity index (χ3n) is 3.60. The number of alkyl halides is 1. The van der Waals surface area contributed by atoms with Gasteiger partial charge in [-0.1, -0.05) is 15.9 Å². The molecular formula is C13H18BrN3OS. The smallest absolute Gasteiger partial charge is 0.195 e. The second kappa shape index (κ2) is 5.81. The van der Waals surface area contributed by atoms with Crippen LogP contribution in [0.4, 0.5) is 5.82 Å². The van der Waals surface area contributed by atoms with Crippen LogP contribution in [0.25, 0.3) is 4.96 Å². The Kier molecular flexibility index (Phi) is 4.10. The molecule has 2 aromatic heterocycles. The number of aromatic nitrogens is 2. The molecule has 0 amide bonds. The van der Waals surface area contributed by atoms with E-state index in [0.29, 0.717) is 6.10 Å². The Hall–Kier alpha value is -0.590. The van der Waals surface area contributed by atoms with E-state index in [-0.39, 0.29) is 0 Å². The zero-order valence-electron chi connectivity index (χ0n) is 11.0. The summed E-state index contributed by atoms with van der Waals surface area (Å²) in [6, 6.07) is 0. The maximum Gasteiger partial charge on any atom is 0.195 e. The highest BCUT2D eigenvalue weighted by Gasteiger charge is 2.23. The second-order valence-corrected chi connectivity index (χ2v) is 6.18. The monoisotopic (exact) mass is 343 g/mol. The standard InChI is InChI=1S/C13H18BrN3OS/c1-2-16(9-10-4-3-6-18-10)12-11(8-14)17-5-7-19-13(17)15-12/h5,7,10H,2-4,6,8-9H2,1H3. The van der Waals surface area contributed by atoms with Crippen molar-refractivity contribution in [2.75, 3.05) is 24.6 Å². The van der Waals surface area contributed by atoms with Gasteiger partial charge in [-0.15, -0.1) is 11.3 Å². The minimum Gasteiger partial charge on any atom is -0.376 e. The number of likely N-dealkylation sites (N-methyl/N-ethyl adjacent to an activating group) is 1. The van der Waals surface area contributed by atoms with E-state index in [0.717, 1.165) is 35.8 Å². The van der Waals surface area contributed by atoms with Gasteiger partial charge in [0.05, 0.1) is 11.8 Å². The lowest BCUT2D eigenvalue weighted by Crippen LogP contribution is -2.32. The predicted octanol–water partition coefficient (Wildman–Crippen LogP) is 3.30. The van der Waals surface area contributed by atoms with E-state index < -0.39 is 0 Å². The molecule has 0 radical (unpaired) electrons. The van der Waals surface area contributed by atoms with Crippen molar-refractivity contribution in [1.82, 2.24) is 9.38 Å². The maximum atomic E-state index is 5.75. The summed E-state index contributed by atoms with van der Waals surface area (Å²) in [5, 5.41) is 2.90. The minimum absolute atomic E-state index is 0.364. The van der Waals surface area contributed by atoms with Crippen molar-refractivity contribution in [2.45, 2.75) is 31.2 Å². The van der Waals surface area contributed by atoms with Gasteiger partial charge in [-0.3, -0.25) is 4.40 Å². The molecule has 0 N–H and O–H groups in total. The molecule has 6 heteroatoms. The molecule has 2 aromatic rings. The van der Waals surface area contributed by atoms with Crippen LogP contribution in [0.15, 0.2) is 11.6 Å². The van der Waals surface area contributed by atoms with Crippen molar-refractivity contribution < 1.29 is 4.74 Å². The zero-order valence-corrected chi connectivity index (χ0v) is 13.4. The third kappa shape index (κ3) is 2.53. The highest BCUT2D eigenvalue weighted by atomic mass is 79.9. The number of nitrogens with zero attached hydrogens (tertiary/aromatic N) is 3. The summed E-state index contributed by atoms with van der Waals surface area (Å²) in [6.07, 6.45) is 4.81. The zero-order chi connectivity index (χ0) is 13.2. The lowest BCUT2D eigenvalue weighted by Gasteiger charge is -2.24. The van der Waals surface area contributed by atoms with Crippen LogP contribution in [0.3, 0.4) is 0 Å². The van der Waals surface area contributed by atoms with E-state index in [1.165, 1.54) is 18.5 Å². The van der Waals surface area contributed by atoms with E-state index in [9.17, 15) is 0 Å². The number of fused-ring (bicyclic) bond motifs is 1. The third-order valence-corrected chi connectivity index (χ3v) is 4.88. The van der Waals surface area contributed by atoms with E-state index in [1.54, 1.807) is 11.3 Å². The predicted molar refractivity (Wildman–Crippen MR) is 82.6 cm³/mol. The highest BCUT2D eigenvalue weighted by molar-refractivity contribution is 9.08. The molecule has 1 saturated heterocycles. The first-order valence-corrected chi connectivity index (χ1v) is 8.70. The maximum absolute atomic E-state index is 5.75. The molecule has 0 aliphatic carbocycles. The van der Waals surface area contributed by atoms with Gasteiger partial charge >= 0.3 is 0 Å². The molecule has 1 fully saturated rings. The van der Waals surface area contributed by atoms with Crippen LogP contribution in [-0.4, -0.2) is 35.2 Å². The summed E-state index contributed by atoms with van der Waals surface area (Å²) in [7, 11) is 0. The number of anilines is 1. The Morgan fingerprint density at radius 1 is 1.63 bits per heavy atom. The Morgan fingerprint density at radius 3 is 3.21 bits per heavy atom. The largest absolute Gasteiger partial charge is 0.376 e. The van der Waals surface area contributed by atoms with Crippen LogP contribution in [-0.2, 0) is 10.1 Å². The molecule has 1 aliphatic rings. The topological polar surface area (TPSA) is 29.8 Å². The molecule has 0 bridgehead atoms. The van der Waals surface area contributed by atoms with Crippen molar-refractivity contribution in [3.05, 3.63) is 17.3 Å². The van der Waals surface area contributed by atoms with Gasteiger partial charge in [-0.2, -0.15) is 0 Å². The molecular weight excluding hydrogens is 326 g/mol. The average molecular weight is 344 g/mol. The first-order valence-electron chi connectivity index (χ1n) is 6.70. The van der Waals surface area contributed by atoms with Crippen LogP contribution < -0.4 is 4.90 Å². The van der Waals surface area contributed by atoms with Crippen LogP contribution in [0.5, 0.6) is 0 Å². The summed E-state index contributed by atoms with van der Waals surface area (Å²) in [5.41, 5.74) is 1.23. The number of hydrogen-bond donors (Lipinski definition) is 0. The van der Waals surface area contributed by atoms with Gasteiger partial charge in [0, 0.05) is 36.6 Å². The number of ether oxygens (including phenoxy) is 1. The number of rotatable bonds is 5. The summed E-state index contributed by atoms with van der Waals surface area (Å²) < 4.78 is 7.92. The summed E-state index contributed by atoms with van der Waals surface area (Å²) in [6.45, 7) is 5.00. The van der Waals surface area contributed by atoms with E-state index in [2.05, 4.69) is 43.7 Å². The van der Waals surface area contributed by atoms with Crippen LogP contribution >= 0.6 is 27.3 Å². The van der Waals surface area contributed by atoms with Crippen molar-refractivity contribution >= 4 is 38.0 Å². The highest BCUT2D eigenvalue weighted by Crippen LogP contribution is 2.27. The lowest BCUT2D eigenvalue weighted by atomic mass is 10.2. The van der Waals surface area contributed by atoms with Crippen molar-refractivity contribution in [3.8, 4) is 0 Å². The normalized spacial score (nSPS) is 19.4. The minimum atomic E-state index is 0.364. The number of halogens is 1. The number of thiazole rings is 1. The van der Waals surface area contributed by atoms with Crippen molar-refractivity contribution in [2.24, 2.45) is 0 Å². The van der Waals surface area contributed by atoms with Gasteiger partial charge in [0.1, 0.15) is 0 Å². The molecule has 4 nitrogen and oxygen atoms in total. The first-order chi connectivity index (χ1) is 9.33. The fourth-order valence-corrected chi connectivity index (χ4v) is 3.85. The van der Waals surface area contributed by atoms with Crippen molar-refractivity contribution in [3.63, 3.8) is 0 Å². The molecule has 0 saturated carbocycles. The molecule has 3 rings (SSSR count).